The second-order valence-corrected chi connectivity index (χ2v) is 5.29. The summed E-state index contributed by atoms with van der Waals surface area (Å²) in [6.07, 6.45) is 0. The van der Waals surface area contributed by atoms with Gasteiger partial charge in [-0.05, 0) is 43.2 Å². The van der Waals surface area contributed by atoms with Gasteiger partial charge in [0, 0.05) is 19.3 Å². The van der Waals surface area contributed by atoms with E-state index in [0.29, 0.717) is 11.3 Å². The molecular formula is C18H20N2O. The van der Waals surface area contributed by atoms with Crippen molar-refractivity contribution in [3.63, 3.8) is 0 Å². The van der Waals surface area contributed by atoms with Gasteiger partial charge in [-0.2, -0.15) is 5.26 Å². The molecular weight excluding hydrogens is 260 g/mol. The van der Waals surface area contributed by atoms with Crippen LogP contribution in [0.1, 0.15) is 22.3 Å². The van der Waals surface area contributed by atoms with Crippen molar-refractivity contribution in [1.29, 1.82) is 5.26 Å². The van der Waals surface area contributed by atoms with E-state index in [0.717, 1.165) is 12.1 Å². The minimum Gasteiger partial charge on any atom is -0.495 e. The predicted molar refractivity (Wildman–Crippen MR) is 85.7 cm³/mol. The summed E-state index contributed by atoms with van der Waals surface area (Å²) in [4.78, 5) is 2.20. The monoisotopic (exact) mass is 280 g/mol. The van der Waals surface area contributed by atoms with Crippen LogP contribution in [-0.4, -0.2) is 14.2 Å². The van der Waals surface area contributed by atoms with E-state index in [4.69, 9.17) is 10.00 Å². The lowest BCUT2D eigenvalue weighted by molar-refractivity contribution is 0.413. The van der Waals surface area contributed by atoms with E-state index in [-0.39, 0.29) is 0 Å². The van der Waals surface area contributed by atoms with Crippen molar-refractivity contribution in [3.05, 3.63) is 58.7 Å². The Morgan fingerprint density at radius 1 is 1.14 bits per heavy atom. The summed E-state index contributed by atoms with van der Waals surface area (Å²) < 4.78 is 5.26. The molecule has 21 heavy (non-hydrogen) atoms. The molecule has 3 nitrogen and oxygen atoms in total. The van der Waals surface area contributed by atoms with E-state index in [9.17, 15) is 0 Å². The second kappa shape index (κ2) is 6.32. The molecule has 0 unspecified atom stereocenters. The zero-order valence-electron chi connectivity index (χ0n) is 13.0. The van der Waals surface area contributed by atoms with Crippen LogP contribution in [0.15, 0.2) is 36.4 Å². The summed E-state index contributed by atoms with van der Waals surface area (Å²) in [6, 6.07) is 14.3. The molecule has 2 rings (SSSR count). The highest BCUT2D eigenvalue weighted by molar-refractivity contribution is 5.54. The van der Waals surface area contributed by atoms with Crippen molar-refractivity contribution in [3.8, 4) is 11.8 Å². The number of benzene rings is 2. The van der Waals surface area contributed by atoms with Crippen molar-refractivity contribution < 1.29 is 4.74 Å². The molecule has 2 aromatic carbocycles. The van der Waals surface area contributed by atoms with E-state index in [1.165, 1.54) is 16.8 Å². The number of aryl methyl sites for hydroxylation is 2. The first-order valence-corrected chi connectivity index (χ1v) is 6.90. The fraction of sp³-hybridized carbons (Fsp3) is 0.278. The molecule has 3 heteroatoms. The Morgan fingerprint density at radius 3 is 2.52 bits per heavy atom. The Morgan fingerprint density at radius 2 is 1.90 bits per heavy atom. The Kier molecular flexibility index (Phi) is 4.49. The molecule has 0 amide bonds. The summed E-state index contributed by atoms with van der Waals surface area (Å²) in [7, 11) is 3.66. The fourth-order valence-corrected chi connectivity index (χ4v) is 2.52. The van der Waals surface area contributed by atoms with E-state index < -0.39 is 0 Å². The van der Waals surface area contributed by atoms with Crippen molar-refractivity contribution in [2.45, 2.75) is 20.4 Å². The van der Waals surface area contributed by atoms with Crippen LogP contribution in [0.5, 0.6) is 5.75 Å². The number of anilines is 1. The van der Waals surface area contributed by atoms with Gasteiger partial charge in [0.15, 0.2) is 0 Å². The first-order chi connectivity index (χ1) is 10.0. The van der Waals surface area contributed by atoms with Crippen LogP contribution in [-0.2, 0) is 6.54 Å². The number of rotatable bonds is 4. The lowest BCUT2D eigenvalue weighted by Crippen LogP contribution is -2.17. The standard InChI is InChI=1S/C18H20N2O/c1-13-5-8-17(14(2)9-13)20(3)12-15-6-7-16(11-19)18(10-15)21-4/h5-10H,12H2,1-4H3. The van der Waals surface area contributed by atoms with Crippen molar-refractivity contribution in [2.75, 3.05) is 19.1 Å². The average molecular weight is 280 g/mol. The quantitative estimate of drug-likeness (QED) is 0.854. The topological polar surface area (TPSA) is 36.3 Å². The van der Waals surface area contributed by atoms with Crippen LogP contribution in [0, 0.1) is 25.2 Å². The molecule has 0 bridgehead atoms. The molecule has 0 atom stereocenters. The molecule has 0 spiro atoms. The van der Waals surface area contributed by atoms with Gasteiger partial charge < -0.3 is 9.64 Å². The highest BCUT2D eigenvalue weighted by Crippen LogP contribution is 2.24. The van der Waals surface area contributed by atoms with Gasteiger partial charge in [0.2, 0.25) is 0 Å². The Balaban J connectivity index is 2.23. The summed E-state index contributed by atoms with van der Waals surface area (Å²) in [5, 5.41) is 9.02. The number of hydrogen-bond donors (Lipinski definition) is 0. The van der Waals surface area contributed by atoms with Crippen molar-refractivity contribution in [1.82, 2.24) is 0 Å². The van der Waals surface area contributed by atoms with Crippen LogP contribution < -0.4 is 9.64 Å². The molecule has 0 aliphatic carbocycles. The zero-order valence-corrected chi connectivity index (χ0v) is 13.0. The fourth-order valence-electron chi connectivity index (χ4n) is 2.52. The predicted octanol–water partition coefficient (Wildman–Crippen LogP) is 3.82. The first kappa shape index (κ1) is 14.9. The van der Waals surface area contributed by atoms with Crippen LogP contribution in [0.3, 0.4) is 0 Å². The van der Waals surface area contributed by atoms with Gasteiger partial charge in [-0.25, -0.2) is 0 Å². The Labute approximate surface area is 126 Å². The van der Waals surface area contributed by atoms with E-state index in [1.807, 2.05) is 18.2 Å². The molecule has 0 N–H and O–H groups in total. The normalized spacial score (nSPS) is 10.0. The molecule has 0 saturated heterocycles. The maximum absolute atomic E-state index is 9.02. The maximum Gasteiger partial charge on any atom is 0.136 e. The average Bonchev–Trinajstić information content (AvgIpc) is 2.46. The molecule has 0 aliphatic rings. The molecule has 0 aliphatic heterocycles. The van der Waals surface area contributed by atoms with Gasteiger partial charge in [-0.15, -0.1) is 0 Å². The number of ether oxygens (including phenoxy) is 1. The van der Waals surface area contributed by atoms with Crippen LogP contribution >= 0.6 is 0 Å². The molecule has 0 saturated carbocycles. The van der Waals surface area contributed by atoms with E-state index >= 15 is 0 Å². The van der Waals surface area contributed by atoms with E-state index in [1.54, 1.807) is 7.11 Å². The third-order valence-corrected chi connectivity index (χ3v) is 3.57. The van der Waals surface area contributed by atoms with Gasteiger partial charge in [0.05, 0.1) is 12.7 Å². The number of methoxy groups -OCH3 is 1. The number of nitrogens with zero attached hydrogens (tertiary/aromatic N) is 2. The SMILES string of the molecule is COc1cc(CN(C)c2ccc(C)cc2C)ccc1C#N. The summed E-state index contributed by atoms with van der Waals surface area (Å²) in [5.41, 5.74) is 5.43. The van der Waals surface area contributed by atoms with Crippen molar-refractivity contribution >= 4 is 5.69 Å². The maximum atomic E-state index is 9.02. The van der Waals surface area contributed by atoms with Gasteiger partial charge in [-0.1, -0.05) is 23.8 Å². The summed E-state index contributed by atoms with van der Waals surface area (Å²) in [6.45, 7) is 4.99. The summed E-state index contributed by atoms with van der Waals surface area (Å²) in [5.74, 6) is 0.629. The first-order valence-electron chi connectivity index (χ1n) is 6.90. The van der Waals surface area contributed by atoms with Gasteiger partial charge in [0.1, 0.15) is 11.8 Å². The summed E-state index contributed by atoms with van der Waals surface area (Å²) >= 11 is 0. The smallest absolute Gasteiger partial charge is 0.136 e. The highest BCUT2D eigenvalue weighted by atomic mass is 16.5. The molecule has 0 radical (unpaired) electrons. The van der Waals surface area contributed by atoms with Gasteiger partial charge in [-0.3, -0.25) is 0 Å². The number of hydrogen-bond acceptors (Lipinski definition) is 3. The number of nitriles is 1. The minimum atomic E-state index is 0.565. The van der Waals surface area contributed by atoms with E-state index in [2.05, 4.69) is 50.1 Å². The molecule has 108 valence electrons. The lowest BCUT2D eigenvalue weighted by atomic mass is 10.1. The highest BCUT2D eigenvalue weighted by Gasteiger charge is 2.08. The minimum absolute atomic E-state index is 0.565. The zero-order chi connectivity index (χ0) is 15.4. The Hall–Kier alpha value is -2.47. The second-order valence-electron chi connectivity index (χ2n) is 5.29. The molecule has 0 fully saturated rings. The Bertz CT molecular complexity index is 686. The third-order valence-electron chi connectivity index (χ3n) is 3.57. The third kappa shape index (κ3) is 3.35. The lowest BCUT2D eigenvalue weighted by Gasteiger charge is -2.22. The van der Waals surface area contributed by atoms with Gasteiger partial charge >= 0.3 is 0 Å². The van der Waals surface area contributed by atoms with Crippen molar-refractivity contribution in [2.24, 2.45) is 0 Å². The van der Waals surface area contributed by atoms with Crippen LogP contribution in [0.2, 0.25) is 0 Å². The van der Waals surface area contributed by atoms with Gasteiger partial charge in [0.25, 0.3) is 0 Å². The largest absolute Gasteiger partial charge is 0.495 e. The molecule has 0 heterocycles. The van der Waals surface area contributed by atoms with Crippen LogP contribution in [0.25, 0.3) is 0 Å². The van der Waals surface area contributed by atoms with Crippen LogP contribution in [0.4, 0.5) is 5.69 Å². The molecule has 2 aromatic rings. The molecule has 0 aromatic heterocycles.